The molecule has 6 heteroatoms. The van der Waals surface area contributed by atoms with E-state index >= 15 is 0 Å². The average molecular weight is 355 g/mol. The van der Waals surface area contributed by atoms with Gasteiger partial charge in [-0.25, -0.2) is 0 Å². The first-order chi connectivity index (χ1) is 12.3. The predicted octanol–water partition coefficient (Wildman–Crippen LogP) is 3.04. The summed E-state index contributed by atoms with van der Waals surface area (Å²) in [4.78, 5) is 28.0. The van der Waals surface area contributed by atoms with Gasteiger partial charge < -0.3 is 19.8 Å². The molecule has 6 nitrogen and oxygen atoms in total. The van der Waals surface area contributed by atoms with E-state index in [4.69, 9.17) is 4.74 Å². The lowest BCUT2D eigenvalue weighted by atomic mass is 9.81. The molecule has 0 spiro atoms. The Morgan fingerprint density at radius 1 is 0.962 bits per heavy atom. The summed E-state index contributed by atoms with van der Waals surface area (Å²) in [6.45, 7) is 7.06. The van der Waals surface area contributed by atoms with E-state index in [0.717, 1.165) is 0 Å². The first-order valence-electron chi connectivity index (χ1n) is 8.47. The van der Waals surface area contributed by atoms with E-state index in [1.54, 1.807) is 13.0 Å². The second-order valence-electron chi connectivity index (χ2n) is 6.19. The van der Waals surface area contributed by atoms with Crippen molar-refractivity contribution >= 4 is 17.3 Å². The van der Waals surface area contributed by atoms with Gasteiger partial charge in [0.1, 0.15) is 17.2 Å². The molecular weight excluding hydrogens is 334 g/mol. The molecule has 0 aromatic heterocycles. The third kappa shape index (κ3) is 2.41. The minimum absolute atomic E-state index is 0.0589. The van der Waals surface area contributed by atoms with Crippen molar-refractivity contribution in [3.8, 4) is 17.2 Å². The van der Waals surface area contributed by atoms with Crippen LogP contribution in [0.25, 0.3) is 0 Å². The average Bonchev–Trinajstić information content (AvgIpc) is 2.63. The maximum Gasteiger partial charge on any atom is 0.201 e. The molecule has 1 aliphatic carbocycles. The molecule has 0 heterocycles. The van der Waals surface area contributed by atoms with Crippen molar-refractivity contribution in [1.29, 1.82) is 0 Å². The number of benzene rings is 2. The molecule has 3 rings (SSSR count). The molecule has 0 saturated carbocycles. The molecule has 0 amide bonds. The molecule has 0 bridgehead atoms. The number of hydrogen-bond acceptors (Lipinski definition) is 6. The zero-order valence-corrected chi connectivity index (χ0v) is 15.2. The molecule has 136 valence electrons. The fraction of sp³-hybridized carbons (Fsp3) is 0.300. The third-order valence-corrected chi connectivity index (χ3v) is 4.90. The Morgan fingerprint density at radius 2 is 1.58 bits per heavy atom. The van der Waals surface area contributed by atoms with Crippen LogP contribution >= 0.6 is 0 Å². The number of ether oxygens (including phenoxy) is 1. The zero-order chi connectivity index (χ0) is 19.2. The number of ketones is 2. The molecule has 26 heavy (non-hydrogen) atoms. The van der Waals surface area contributed by atoms with Crippen LogP contribution in [-0.2, 0) is 0 Å². The lowest BCUT2D eigenvalue weighted by Gasteiger charge is -2.27. The molecular formula is C20H21NO5. The van der Waals surface area contributed by atoms with E-state index < -0.39 is 11.6 Å². The number of carbonyl (C=O) groups excluding carboxylic acids is 2. The number of nitrogens with zero attached hydrogens (tertiary/aromatic N) is 1. The quantitative estimate of drug-likeness (QED) is 0.748. The zero-order valence-electron chi connectivity index (χ0n) is 15.2. The van der Waals surface area contributed by atoms with Crippen LogP contribution in [-0.4, -0.2) is 42.0 Å². The number of carbonyl (C=O) groups is 2. The number of aromatic hydroxyl groups is 2. The van der Waals surface area contributed by atoms with Crippen LogP contribution in [0.4, 0.5) is 5.69 Å². The summed E-state index contributed by atoms with van der Waals surface area (Å²) in [5, 5.41) is 20.9. The number of anilines is 1. The summed E-state index contributed by atoms with van der Waals surface area (Å²) in [6.07, 6.45) is 0. The van der Waals surface area contributed by atoms with Crippen molar-refractivity contribution in [2.24, 2.45) is 0 Å². The fourth-order valence-electron chi connectivity index (χ4n) is 3.46. The van der Waals surface area contributed by atoms with Crippen molar-refractivity contribution in [1.82, 2.24) is 0 Å². The summed E-state index contributed by atoms with van der Waals surface area (Å²) in [7, 11) is 1.41. The molecule has 2 N–H and O–H groups in total. The second kappa shape index (κ2) is 6.37. The van der Waals surface area contributed by atoms with E-state index in [1.165, 1.54) is 19.2 Å². The van der Waals surface area contributed by atoms with E-state index in [2.05, 4.69) is 0 Å². The third-order valence-electron chi connectivity index (χ3n) is 4.90. The molecule has 0 aliphatic heterocycles. The summed E-state index contributed by atoms with van der Waals surface area (Å²) >= 11 is 0. The summed E-state index contributed by atoms with van der Waals surface area (Å²) in [5.41, 5.74) is 1.30. The van der Waals surface area contributed by atoms with Crippen LogP contribution < -0.4 is 9.64 Å². The lowest BCUT2D eigenvalue weighted by molar-refractivity contribution is 0.0974. The summed E-state index contributed by atoms with van der Waals surface area (Å²) in [6, 6.07) is 4.37. The molecule has 0 radical (unpaired) electrons. The Morgan fingerprint density at radius 3 is 2.15 bits per heavy atom. The van der Waals surface area contributed by atoms with Crippen LogP contribution in [0.15, 0.2) is 18.2 Å². The Hall–Kier alpha value is -3.02. The van der Waals surface area contributed by atoms with Gasteiger partial charge in [-0.3, -0.25) is 9.59 Å². The SMILES string of the molecule is CCN(CC)c1cc2c(c(O)c1C)C(=O)c1c(O)cc(OC)cc1C2=O. The van der Waals surface area contributed by atoms with Gasteiger partial charge in [-0.15, -0.1) is 0 Å². The smallest absolute Gasteiger partial charge is 0.201 e. The first kappa shape index (κ1) is 17.8. The minimum atomic E-state index is -0.568. The molecule has 0 atom stereocenters. The van der Waals surface area contributed by atoms with Crippen LogP contribution in [0, 0.1) is 6.92 Å². The minimum Gasteiger partial charge on any atom is -0.507 e. The van der Waals surface area contributed by atoms with Gasteiger partial charge in [-0.05, 0) is 32.9 Å². The molecule has 0 unspecified atom stereocenters. The predicted molar refractivity (Wildman–Crippen MR) is 97.9 cm³/mol. The van der Waals surface area contributed by atoms with Gasteiger partial charge in [-0.1, -0.05) is 0 Å². The Labute approximate surface area is 151 Å². The largest absolute Gasteiger partial charge is 0.507 e. The van der Waals surface area contributed by atoms with Gasteiger partial charge in [0.25, 0.3) is 0 Å². The number of hydrogen-bond donors (Lipinski definition) is 2. The Kier molecular flexibility index (Phi) is 4.36. The Balaban J connectivity index is 2.31. The van der Waals surface area contributed by atoms with Gasteiger partial charge in [0.05, 0.1) is 18.2 Å². The van der Waals surface area contributed by atoms with Gasteiger partial charge in [0.15, 0.2) is 5.78 Å². The molecule has 0 fully saturated rings. The van der Waals surface area contributed by atoms with Gasteiger partial charge in [0.2, 0.25) is 5.78 Å². The summed E-state index contributed by atoms with van der Waals surface area (Å²) in [5.74, 6) is -1.27. The molecule has 2 aromatic rings. The lowest BCUT2D eigenvalue weighted by Crippen LogP contribution is -2.26. The van der Waals surface area contributed by atoms with E-state index in [9.17, 15) is 19.8 Å². The van der Waals surface area contributed by atoms with Crippen LogP contribution in [0.3, 0.4) is 0 Å². The van der Waals surface area contributed by atoms with E-state index in [1.807, 2.05) is 18.7 Å². The van der Waals surface area contributed by atoms with E-state index in [0.29, 0.717) is 24.3 Å². The molecule has 1 aliphatic rings. The highest BCUT2D eigenvalue weighted by atomic mass is 16.5. The number of phenols is 2. The van der Waals surface area contributed by atoms with Crippen molar-refractivity contribution in [2.75, 3.05) is 25.1 Å². The topological polar surface area (TPSA) is 87.1 Å². The standard InChI is InChI=1S/C20H21NO5/c1-5-21(6-2)14-9-13-17(18(23)10(14)3)20(25)16-12(19(13)24)7-11(26-4)8-15(16)22/h7-9,22-23H,5-6H2,1-4H3. The van der Waals surface area contributed by atoms with Gasteiger partial charge in [0, 0.05) is 41.5 Å². The number of methoxy groups -OCH3 is 1. The highest BCUT2D eigenvalue weighted by Gasteiger charge is 2.36. The van der Waals surface area contributed by atoms with Crippen LogP contribution in [0.5, 0.6) is 17.2 Å². The van der Waals surface area contributed by atoms with Crippen LogP contribution in [0.1, 0.15) is 51.3 Å². The number of rotatable bonds is 4. The normalized spacial score (nSPS) is 12.6. The number of phenolic OH excluding ortho intramolecular Hbond substituents is 2. The monoisotopic (exact) mass is 355 g/mol. The molecule has 0 saturated heterocycles. The van der Waals surface area contributed by atoms with Gasteiger partial charge in [-0.2, -0.15) is 0 Å². The Bertz CT molecular complexity index is 929. The van der Waals surface area contributed by atoms with E-state index in [-0.39, 0.29) is 39.5 Å². The van der Waals surface area contributed by atoms with Crippen molar-refractivity contribution < 1.29 is 24.5 Å². The first-order valence-corrected chi connectivity index (χ1v) is 8.47. The van der Waals surface area contributed by atoms with Crippen molar-refractivity contribution in [2.45, 2.75) is 20.8 Å². The maximum atomic E-state index is 13.0. The van der Waals surface area contributed by atoms with Crippen LogP contribution in [0.2, 0.25) is 0 Å². The van der Waals surface area contributed by atoms with Gasteiger partial charge >= 0.3 is 0 Å². The molecule has 2 aromatic carbocycles. The number of fused-ring (bicyclic) bond motifs is 2. The maximum absolute atomic E-state index is 13.0. The fourth-order valence-corrected chi connectivity index (χ4v) is 3.46. The second-order valence-corrected chi connectivity index (χ2v) is 6.19. The highest BCUT2D eigenvalue weighted by molar-refractivity contribution is 6.30. The van der Waals surface area contributed by atoms with Crippen molar-refractivity contribution in [3.63, 3.8) is 0 Å². The highest BCUT2D eigenvalue weighted by Crippen LogP contribution is 2.42. The van der Waals surface area contributed by atoms with Crippen molar-refractivity contribution in [3.05, 3.63) is 46.0 Å². The summed E-state index contributed by atoms with van der Waals surface area (Å²) < 4.78 is 5.09.